The van der Waals surface area contributed by atoms with Crippen molar-refractivity contribution in [1.29, 1.82) is 0 Å². The van der Waals surface area contributed by atoms with Gasteiger partial charge in [-0.15, -0.1) is 0 Å². The first-order valence-corrected chi connectivity index (χ1v) is 5.64. The van der Waals surface area contributed by atoms with Gasteiger partial charge in [0.2, 0.25) is 0 Å². The number of benzene rings is 1. The van der Waals surface area contributed by atoms with E-state index < -0.39 is 0 Å². The Morgan fingerprint density at radius 1 is 1.35 bits per heavy atom. The van der Waals surface area contributed by atoms with E-state index in [4.69, 9.17) is 11.6 Å². The van der Waals surface area contributed by atoms with Crippen molar-refractivity contribution in [2.24, 2.45) is 7.05 Å². The quantitative estimate of drug-likeness (QED) is 0.870. The fraction of sp³-hybridized carbons (Fsp3) is 0.154. The van der Waals surface area contributed by atoms with Gasteiger partial charge < -0.3 is 9.88 Å². The van der Waals surface area contributed by atoms with E-state index >= 15 is 0 Å². The van der Waals surface area contributed by atoms with Gasteiger partial charge in [0, 0.05) is 30.2 Å². The SMILES string of the molecule is Cc1c(Cl)cccc1NC(=O)c1ccn(C)c1. The van der Waals surface area contributed by atoms with Crippen LogP contribution in [-0.4, -0.2) is 10.5 Å². The summed E-state index contributed by atoms with van der Waals surface area (Å²) in [4.78, 5) is 11.9. The lowest BCUT2D eigenvalue weighted by Crippen LogP contribution is -2.12. The first-order chi connectivity index (χ1) is 8.08. The van der Waals surface area contributed by atoms with Gasteiger partial charge >= 0.3 is 0 Å². The molecule has 2 aromatic rings. The van der Waals surface area contributed by atoms with Gasteiger partial charge in [-0.1, -0.05) is 17.7 Å². The summed E-state index contributed by atoms with van der Waals surface area (Å²) in [6.45, 7) is 1.88. The molecule has 88 valence electrons. The third-order valence-corrected chi connectivity index (χ3v) is 3.02. The maximum Gasteiger partial charge on any atom is 0.257 e. The highest BCUT2D eigenvalue weighted by atomic mass is 35.5. The number of nitrogens with one attached hydrogen (secondary N) is 1. The average molecular weight is 249 g/mol. The Labute approximate surface area is 105 Å². The molecule has 0 aliphatic rings. The van der Waals surface area contributed by atoms with Gasteiger partial charge in [-0.25, -0.2) is 0 Å². The van der Waals surface area contributed by atoms with E-state index in [1.165, 1.54) is 0 Å². The number of halogens is 1. The van der Waals surface area contributed by atoms with Crippen LogP contribution in [0.4, 0.5) is 5.69 Å². The number of aryl methyl sites for hydroxylation is 1. The predicted molar refractivity (Wildman–Crippen MR) is 69.6 cm³/mol. The highest BCUT2D eigenvalue weighted by Gasteiger charge is 2.09. The van der Waals surface area contributed by atoms with E-state index in [1.54, 1.807) is 18.3 Å². The molecular weight excluding hydrogens is 236 g/mol. The first-order valence-electron chi connectivity index (χ1n) is 5.26. The Bertz CT molecular complexity index is 560. The molecule has 1 heterocycles. The number of amides is 1. The molecule has 0 bridgehead atoms. The van der Waals surface area contributed by atoms with Gasteiger partial charge in [-0.2, -0.15) is 0 Å². The molecular formula is C13H13ClN2O. The van der Waals surface area contributed by atoms with E-state index in [9.17, 15) is 4.79 Å². The molecule has 3 nitrogen and oxygen atoms in total. The number of nitrogens with zero attached hydrogens (tertiary/aromatic N) is 1. The van der Waals surface area contributed by atoms with Crippen molar-refractivity contribution >= 4 is 23.2 Å². The molecule has 1 aromatic heterocycles. The third kappa shape index (κ3) is 2.50. The molecule has 0 aliphatic heterocycles. The van der Waals surface area contributed by atoms with Crippen LogP contribution in [0.3, 0.4) is 0 Å². The van der Waals surface area contributed by atoms with Crippen LogP contribution >= 0.6 is 11.6 Å². The number of rotatable bonds is 2. The largest absolute Gasteiger partial charge is 0.356 e. The smallest absolute Gasteiger partial charge is 0.257 e. The zero-order chi connectivity index (χ0) is 12.4. The lowest BCUT2D eigenvalue weighted by Gasteiger charge is -2.08. The molecule has 0 atom stereocenters. The monoisotopic (exact) mass is 248 g/mol. The molecule has 0 spiro atoms. The third-order valence-electron chi connectivity index (χ3n) is 2.61. The molecule has 0 saturated heterocycles. The number of hydrogen-bond donors (Lipinski definition) is 1. The molecule has 0 saturated carbocycles. The van der Waals surface area contributed by atoms with Crippen LogP contribution in [0, 0.1) is 6.92 Å². The van der Waals surface area contributed by atoms with Crippen molar-refractivity contribution in [1.82, 2.24) is 4.57 Å². The normalized spacial score (nSPS) is 10.3. The van der Waals surface area contributed by atoms with Crippen molar-refractivity contribution < 1.29 is 4.79 Å². The zero-order valence-corrected chi connectivity index (χ0v) is 10.5. The van der Waals surface area contributed by atoms with E-state index in [0.717, 1.165) is 11.3 Å². The van der Waals surface area contributed by atoms with Crippen LogP contribution in [0.5, 0.6) is 0 Å². The van der Waals surface area contributed by atoms with Crippen LogP contribution in [0.1, 0.15) is 15.9 Å². The molecule has 1 N–H and O–H groups in total. The molecule has 17 heavy (non-hydrogen) atoms. The van der Waals surface area contributed by atoms with Crippen LogP contribution in [0.25, 0.3) is 0 Å². The van der Waals surface area contributed by atoms with E-state index in [-0.39, 0.29) is 5.91 Å². The van der Waals surface area contributed by atoms with Crippen molar-refractivity contribution in [2.45, 2.75) is 6.92 Å². The topological polar surface area (TPSA) is 34.0 Å². The average Bonchev–Trinajstić information content (AvgIpc) is 2.72. The summed E-state index contributed by atoms with van der Waals surface area (Å²) in [7, 11) is 1.88. The van der Waals surface area contributed by atoms with Crippen molar-refractivity contribution in [3.63, 3.8) is 0 Å². The standard InChI is InChI=1S/C13H13ClN2O/c1-9-11(14)4-3-5-12(9)15-13(17)10-6-7-16(2)8-10/h3-8H,1-2H3,(H,15,17). The number of anilines is 1. The van der Waals surface area contributed by atoms with Gasteiger partial charge in [-0.3, -0.25) is 4.79 Å². The van der Waals surface area contributed by atoms with E-state index in [0.29, 0.717) is 10.6 Å². The van der Waals surface area contributed by atoms with E-state index in [2.05, 4.69) is 5.32 Å². The van der Waals surface area contributed by atoms with Crippen molar-refractivity contribution in [2.75, 3.05) is 5.32 Å². The van der Waals surface area contributed by atoms with Gasteiger partial charge in [0.25, 0.3) is 5.91 Å². The molecule has 0 fully saturated rings. The molecule has 4 heteroatoms. The van der Waals surface area contributed by atoms with E-state index in [1.807, 2.05) is 36.9 Å². The van der Waals surface area contributed by atoms with Gasteiger partial charge in [0.05, 0.1) is 5.56 Å². The van der Waals surface area contributed by atoms with Crippen molar-refractivity contribution in [3.05, 3.63) is 52.8 Å². The maximum atomic E-state index is 11.9. The molecule has 1 aromatic carbocycles. The minimum atomic E-state index is -0.129. The minimum absolute atomic E-state index is 0.129. The van der Waals surface area contributed by atoms with Gasteiger partial charge in [0.15, 0.2) is 0 Å². The highest BCUT2D eigenvalue weighted by Crippen LogP contribution is 2.23. The lowest BCUT2D eigenvalue weighted by atomic mass is 10.2. The van der Waals surface area contributed by atoms with Crippen LogP contribution in [0.15, 0.2) is 36.7 Å². The zero-order valence-electron chi connectivity index (χ0n) is 9.70. The summed E-state index contributed by atoms with van der Waals surface area (Å²) in [6, 6.07) is 7.22. The number of carbonyl (C=O) groups excluding carboxylic acids is 1. The van der Waals surface area contributed by atoms with Gasteiger partial charge in [-0.05, 0) is 30.7 Å². The summed E-state index contributed by atoms with van der Waals surface area (Å²) < 4.78 is 1.83. The second-order valence-electron chi connectivity index (χ2n) is 3.93. The fourth-order valence-corrected chi connectivity index (χ4v) is 1.75. The lowest BCUT2D eigenvalue weighted by molar-refractivity contribution is 0.102. The van der Waals surface area contributed by atoms with Crippen LogP contribution in [-0.2, 0) is 7.05 Å². The highest BCUT2D eigenvalue weighted by molar-refractivity contribution is 6.31. The summed E-state index contributed by atoms with van der Waals surface area (Å²) in [5, 5.41) is 3.49. The Morgan fingerprint density at radius 3 is 2.76 bits per heavy atom. The Kier molecular flexibility index (Phi) is 3.20. The van der Waals surface area contributed by atoms with Crippen LogP contribution < -0.4 is 5.32 Å². The minimum Gasteiger partial charge on any atom is -0.356 e. The number of hydrogen-bond acceptors (Lipinski definition) is 1. The Morgan fingerprint density at radius 2 is 2.12 bits per heavy atom. The molecule has 0 unspecified atom stereocenters. The molecule has 2 rings (SSSR count). The summed E-state index contributed by atoms with van der Waals surface area (Å²) in [5.41, 5.74) is 2.25. The molecule has 1 amide bonds. The Balaban J connectivity index is 2.21. The second-order valence-corrected chi connectivity index (χ2v) is 4.34. The first kappa shape index (κ1) is 11.7. The molecule has 0 radical (unpaired) electrons. The maximum absolute atomic E-state index is 11.9. The number of aromatic nitrogens is 1. The summed E-state index contributed by atoms with van der Waals surface area (Å²) in [5.74, 6) is -0.129. The Hall–Kier alpha value is -1.74. The second kappa shape index (κ2) is 4.63. The predicted octanol–water partition coefficient (Wildman–Crippen LogP) is 3.24. The number of carbonyl (C=O) groups is 1. The fourth-order valence-electron chi connectivity index (χ4n) is 1.58. The molecule has 0 aliphatic carbocycles. The van der Waals surface area contributed by atoms with Crippen molar-refractivity contribution in [3.8, 4) is 0 Å². The summed E-state index contributed by atoms with van der Waals surface area (Å²) in [6.07, 6.45) is 3.61. The van der Waals surface area contributed by atoms with Gasteiger partial charge in [0.1, 0.15) is 0 Å². The van der Waals surface area contributed by atoms with Crippen LogP contribution in [0.2, 0.25) is 5.02 Å². The summed E-state index contributed by atoms with van der Waals surface area (Å²) >= 11 is 5.99.